The van der Waals surface area contributed by atoms with Crippen LogP contribution in [0.3, 0.4) is 0 Å². The van der Waals surface area contributed by atoms with Crippen molar-refractivity contribution in [3.63, 3.8) is 0 Å². The number of hydrogen-bond acceptors (Lipinski definition) is 1. The predicted molar refractivity (Wildman–Crippen MR) is 114 cm³/mol. The van der Waals surface area contributed by atoms with Gasteiger partial charge in [-0.2, -0.15) is 0 Å². The van der Waals surface area contributed by atoms with Crippen molar-refractivity contribution >= 4 is 5.57 Å². The Morgan fingerprint density at radius 2 is 1.77 bits per heavy atom. The third kappa shape index (κ3) is 4.10. The highest BCUT2D eigenvalue weighted by atomic mass is 15.2. The summed E-state index contributed by atoms with van der Waals surface area (Å²) in [4.78, 5) is 2.69. The number of allylic oxidation sites excluding steroid dienone is 1. The van der Waals surface area contributed by atoms with Crippen LogP contribution in [-0.4, -0.2) is 18.0 Å². The number of nitrogens with zero attached hydrogens (tertiary/aromatic N) is 1. The van der Waals surface area contributed by atoms with Gasteiger partial charge in [0.25, 0.3) is 0 Å². The number of rotatable bonds is 6. The number of piperidine rings is 1. The molecule has 26 heavy (non-hydrogen) atoms. The summed E-state index contributed by atoms with van der Waals surface area (Å²) >= 11 is 0. The number of aryl methyl sites for hydroxylation is 1. The number of likely N-dealkylation sites (tertiary alicyclic amines) is 1. The molecular formula is C25H33N. The minimum absolute atomic E-state index is 0.564. The normalized spacial score (nSPS) is 17.2. The second kappa shape index (κ2) is 8.68. The lowest BCUT2D eigenvalue weighted by molar-refractivity contribution is 0.148. The van der Waals surface area contributed by atoms with Crippen LogP contribution in [0.15, 0.2) is 55.1 Å². The molecule has 1 saturated heterocycles. The first-order valence-corrected chi connectivity index (χ1v) is 10.2. The molecular weight excluding hydrogens is 314 g/mol. The second-order valence-corrected chi connectivity index (χ2v) is 7.70. The summed E-state index contributed by atoms with van der Waals surface area (Å²) in [6.45, 7) is 13.2. The molecule has 0 aliphatic carbocycles. The Bertz CT molecular complexity index is 723. The van der Waals surface area contributed by atoms with E-state index < -0.39 is 0 Å². The van der Waals surface area contributed by atoms with Gasteiger partial charge in [0.05, 0.1) is 0 Å². The smallest absolute Gasteiger partial charge is 0.0345 e. The van der Waals surface area contributed by atoms with Crippen molar-refractivity contribution in [1.29, 1.82) is 0 Å². The summed E-state index contributed by atoms with van der Waals surface area (Å²) in [5, 5.41) is 0. The lowest BCUT2D eigenvalue weighted by Crippen LogP contribution is -2.36. The topological polar surface area (TPSA) is 3.24 Å². The highest BCUT2D eigenvalue weighted by molar-refractivity contribution is 5.65. The Morgan fingerprint density at radius 1 is 1.08 bits per heavy atom. The maximum absolute atomic E-state index is 4.14. The molecule has 1 fully saturated rings. The van der Waals surface area contributed by atoms with E-state index in [1.165, 1.54) is 60.2 Å². The quantitative estimate of drug-likeness (QED) is 0.568. The Labute approximate surface area is 159 Å². The zero-order valence-corrected chi connectivity index (χ0v) is 16.7. The van der Waals surface area contributed by atoms with Gasteiger partial charge in [0.2, 0.25) is 0 Å². The Morgan fingerprint density at radius 3 is 2.35 bits per heavy atom. The minimum atomic E-state index is 0.564. The van der Waals surface area contributed by atoms with Crippen LogP contribution in [-0.2, 0) is 6.42 Å². The molecule has 1 aliphatic rings. The van der Waals surface area contributed by atoms with Crippen LogP contribution in [0.5, 0.6) is 0 Å². The molecule has 0 aromatic heterocycles. The standard InChI is InChI=1S/C25H33N/c1-5-20-18-23(12-13-24(20)19(3)4)21-14-16-26(17-15-21)25(6-2)22-10-8-7-9-11-22/h7-13,18,21,25H,3,5-6,14-17H2,1-2,4H3. The first-order valence-electron chi connectivity index (χ1n) is 10.2. The Kier molecular flexibility index (Phi) is 6.32. The van der Waals surface area contributed by atoms with Gasteiger partial charge in [-0.05, 0) is 73.9 Å². The van der Waals surface area contributed by atoms with Gasteiger partial charge in [0.15, 0.2) is 0 Å². The summed E-state index contributed by atoms with van der Waals surface area (Å²) in [7, 11) is 0. The van der Waals surface area contributed by atoms with Crippen molar-refractivity contribution in [3.05, 3.63) is 77.4 Å². The molecule has 0 bridgehead atoms. The molecule has 3 rings (SSSR count). The third-order valence-corrected chi connectivity index (χ3v) is 5.98. The monoisotopic (exact) mass is 347 g/mol. The molecule has 0 radical (unpaired) electrons. The summed E-state index contributed by atoms with van der Waals surface area (Å²) in [5.74, 6) is 0.698. The van der Waals surface area contributed by atoms with Crippen molar-refractivity contribution < 1.29 is 0 Å². The lowest BCUT2D eigenvalue weighted by Gasteiger charge is -2.38. The van der Waals surface area contributed by atoms with Crippen LogP contribution >= 0.6 is 0 Å². The van der Waals surface area contributed by atoms with Crippen LogP contribution in [0.1, 0.15) is 74.2 Å². The van der Waals surface area contributed by atoms with Gasteiger partial charge in [0.1, 0.15) is 0 Å². The van der Waals surface area contributed by atoms with Crippen LogP contribution in [0.25, 0.3) is 5.57 Å². The van der Waals surface area contributed by atoms with Crippen molar-refractivity contribution in [2.45, 2.75) is 58.4 Å². The van der Waals surface area contributed by atoms with E-state index in [2.05, 4.69) is 80.8 Å². The van der Waals surface area contributed by atoms with Gasteiger partial charge < -0.3 is 0 Å². The van der Waals surface area contributed by atoms with Gasteiger partial charge in [-0.1, -0.05) is 74.5 Å². The van der Waals surface area contributed by atoms with E-state index in [-0.39, 0.29) is 0 Å². The fourth-order valence-electron chi connectivity index (χ4n) is 4.50. The van der Waals surface area contributed by atoms with E-state index >= 15 is 0 Å². The summed E-state index contributed by atoms with van der Waals surface area (Å²) in [5.41, 5.74) is 6.96. The van der Waals surface area contributed by atoms with Crippen molar-refractivity contribution in [1.82, 2.24) is 4.90 Å². The molecule has 1 heteroatoms. The molecule has 2 aromatic carbocycles. The van der Waals surface area contributed by atoms with Crippen LogP contribution < -0.4 is 0 Å². The van der Waals surface area contributed by atoms with E-state index in [0.717, 1.165) is 6.42 Å². The summed E-state index contributed by atoms with van der Waals surface area (Å²) < 4.78 is 0. The van der Waals surface area contributed by atoms with Crippen molar-refractivity contribution in [2.75, 3.05) is 13.1 Å². The molecule has 2 aromatic rings. The van der Waals surface area contributed by atoms with Gasteiger partial charge in [-0.3, -0.25) is 4.90 Å². The molecule has 0 N–H and O–H groups in total. The van der Waals surface area contributed by atoms with Gasteiger partial charge in [0, 0.05) is 6.04 Å². The average Bonchev–Trinajstić information content (AvgIpc) is 2.69. The van der Waals surface area contributed by atoms with E-state index in [0.29, 0.717) is 12.0 Å². The van der Waals surface area contributed by atoms with Gasteiger partial charge in [-0.25, -0.2) is 0 Å². The first kappa shape index (κ1) is 18.9. The third-order valence-electron chi connectivity index (χ3n) is 5.98. The molecule has 0 amide bonds. The van der Waals surface area contributed by atoms with Crippen molar-refractivity contribution in [2.24, 2.45) is 0 Å². The average molecular weight is 348 g/mol. The highest BCUT2D eigenvalue weighted by Crippen LogP contribution is 2.34. The number of benzene rings is 2. The highest BCUT2D eigenvalue weighted by Gasteiger charge is 2.26. The summed E-state index contributed by atoms with van der Waals surface area (Å²) in [6, 6.07) is 18.7. The molecule has 1 unspecified atom stereocenters. The zero-order valence-electron chi connectivity index (χ0n) is 16.7. The maximum atomic E-state index is 4.14. The molecule has 1 nitrogen and oxygen atoms in total. The van der Waals surface area contributed by atoms with Crippen LogP contribution in [0.2, 0.25) is 0 Å². The van der Waals surface area contributed by atoms with Crippen LogP contribution in [0, 0.1) is 0 Å². The molecule has 0 spiro atoms. The molecule has 1 aliphatic heterocycles. The Balaban J connectivity index is 1.69. The van der Waals surface area contributed by atoms with Crippen LogP contribution in [0.4, 0.5) is 0 Å². The largest absolute Gasteiger partial charge is 0.296 e. The molecule has 1 heterocycles. The predicted octanol–water partition coefficient (Wildman–Crippen LogP) is 6.61. The first-order chi connectivity index (χ1) is 12.6. The Hall–Kier alpha value is -1.86. The molecule has 0 saturated carbocycles. The van der Waals surface area contributed by atoms with Gasteiger partial charge >= 0.3 is 0 Å². The maximum Gasteiger partial charge on any atom is 0.0345 e. The number of hydrogen-bond donors (Lipinski definition) is 0. The lowest BCUT2D eigenvalue weighted by atomic mass is 9.85. The van der Waals surface area contributed by atoms with E-state index in [9.17, 15) is 0 Å². The zero-order chi connectivity index (χ0) is 18.5. The fourth-order valence-corrected chi connectivity index (χ4v) is 4.50. The minimum Gasteiger partial charge on any atom is -0.296 e. The van der Waals surface area contributed by atoms with Crippen molar-refractivity contribution in [3.8, 4) is 0 Å². The summed E-state index contributed by atoms with van der Waals surface area (Å²) in [6.07, 6.45) is 4.79. The van der Waals surface area contributed by atoms with Gasteiger partial charge in [-0.15, -0.1) is 0 Å². The molecule has 138 valence electrons. The van der Waals surface area contributed by atoms with E-state index in [4.69, 9.17) is 0 Å². The SMILES string of the molecule is C=C(C)c1ccc(C2CCN(C(CC)c3ccccc3)CC2)cc1CC. The second-order valence-electron chi connectivity index (χ2n) is 7.70. The molecule has 1 atom stereocenters. The van der Waals surface area contributed by atoms with E-state index in [1.807, 2.05) is 0 Å². The van der Waals surface area contributed by atoms with E-state index in [1.54, 1.807) is 0 Å². The fraction of sp³-hybridized carbons (Fsp3) is 0.440.